The largest absolute Gasteiger partial charge is 0.462 e. The van der Waals surface area contributed by atoms with Crippen molar-refractivity contribution in [2.24, 2.45) is 0 Å². The van der Waals surface area contributed by atoms with Gasteiger partial charge in [0.1, 0.15) is 17.2 Å². The van der Waals surface area contributed by atoms with Crippen LogP contribution in [0.25, 0.3) is 16.9 Å². The zero-order chi connectivity index (χ0) is 22.3. The van der Waals surface area contributed by atoms with E-state index in [1.54, 1.807) is 6.92 Å². The molecule has 1 aliphatic heterocycles. The molecule has 3 aromatic rings. The number of halogens is 2. The van der Waals surface area contributed by atoms with Gasteiger partial charge < -0.3 is 10.1 Å². The number of pyridine rings is 3. The Hall–Kier alpha value is -4.15. The van der Waals surface area contributed by atoms with Gasteiger partial charge in [-0.05, 0) is 19.1 Å². The molecule has 4 heterocycles. The van der Waals surface area contributed by atoms with Gasteiger partial charge in [0.25, 0.3) is 0 Å². The first-order chi connectivity index (χ1) is 14.8. The lowest BCUT2D eigenvalue weighted by Crippen LogP contribution is -2.29. The molecular weight excluding hydrogens is 412 g/mol. The maximum Gasteiger partial charge on any atom is 0.343 e. The smallest absolute Gasteiger partial charge is 0.343 e. The molecule has 9 nitrogen and oxygen atoms in total. The maximum atomic E-state index is 14.5. The van der Waals surface area contributed by atoms with E-state index in [4.69, 9.17) is 4.74 Å². The fourth-order valence-corrected chi connectivity index (χ4v) is 3.15. The van der Waals surface area contributed by atoms with Crippen LogP contribution < -0.4 is 15.6 Å². The van der Waals surface area contributed by atoms with Gasteiger partial charge >= 0.3 is 12.0 Å². The highest BCUT2D eigenvalue weighted by molar-refractivity contribution is 5.97. The van der Waals surface area contributed by atoms with Crippen LogP contribution in [0.3, 0.4) is 0 Å². The lowest BCUT2D eigenvalue weighted by Gasteiger charge is -2.16. The van der Waals surface area contributed by atoms with Gasteiger partial charge in [0.05, 0.1) is 24.7 Å². The number of urea groups is 1. The minimum absolute atomic E-state index is 0.0185. The Morgan fingerprint density at radius 1 is 1.32 bits per heavy atom. The fraction of sp³-hybridized carbons (Fsp3) is 0.150. The molecule has 1 fully saturated rings. The number of rotatable bonds is 4. The summed E-state index contributed by atoms with van der Waals surface area (Å²) in [5.74, 6) is -3.09. The number of carbonyl (C=O) groups excluding carboxylic acids is 2. The van der Waals surface area contributed by atoms with Crippen LogP contribution in [-0.2, 0) is 4.74 Å². The Bertz CT molecular complexity index is 1320. The summed E-state index contributed by atoms with van der Waals surface area (Å²) >= 11 is 0. The van der Waals surface area contributed by atoms with Gasteiger partial charge in [-0.3, -0.25) is 14.3 Å². The number of nitrogens with zero attached hydrogens (tertiary/aromatic N) is 4. The third-order valence-electron chi connectivity index (χ3n) is 4.50. The molecule has 0 atom stereocenters. The average Bonchev–Trinajstić information content (AvgIpc) is 3.07. The second-order valence-electron chi connectivity index (χ2n) is 6.58. The van der Waals surface area contributed by atoms with Crippen molar-refractivity contribution in [3.8, 4) is 5.82 Å². The summed E-state index contributed by atoms with van der Waals surface area (Å²) in [6.07, 6.45) is 1.82. The SMILES string of the molecule is C=C1CN(c2ccc3c(=O)c(C(=O)OCC)cn(-c4ncc(F)cc4F)c3n2)C(=O)N1. The van der Waals surface area contributed by atoms with Gasteiger partial charge in [-0.15, -0.1) is 0 Å². The number of amides is 2. The molecule has 31 heavy (non-hydrogen) atoms. The van der Waals surface area contributed by atoms with E-state index < -0.39 is 34.9 Å². The summed E-state index contributed by atoms with van der Waals surface area (Å²) in [6.45, 7) is 5.42. The number of hydrogen-bond acceptors (Lipinski definition) is 6. The fourth-order valence-electron chi connectivity index (χ4n) is 3.15. The molecule has 0 spiro atoms. The van der Waals surface area contributed by atoms with E-state index >= 15 is 0 Å². The molecule has 0 saturated carbocycles. The number of anilines is 1. The van der Waals surface area contributed by atoms with Crippen LogP contribution in [0.4, 0.5) is 19.4 Å². The van der Waals surface area contributed by atoms with Gasteiger partial charge in [0, 0.05) is 18.0 Å². The van der Waals surface area contributed by atoms with E-state index in [-0.39, 0.29) is 35.6 Å². The number of carbonyl (C=O) groups is 2. The number of nitrogens with one attached hydrogen (secondary N) is 1. The summed E-state index contributed by atoms with van der Waals surface area (Å²) < 4.78 is 33.9. The van der Waals surface area contributed by atoms with Crippen molar-refractivity contribution in [2.45, 2.75) is 6.92 Å². The zero-order valence-corrected chi connectivity index (χ0v) is 16.2. The summed E-state index contributed by atoms with van der Waals surface area (Å²) in [7, 11) is 0. The van der Waals surface area contributed by atoms with E-state index in [1.165, 1.54) is 17.0 Å². The maximum absolute atomic E-state index is 14.5. The van der Waals surface area contributed by atoms with Crippen molar-refractivity contribution >= 4 is 28.9 Å². The van der Waals surface area contributed by atoms with Crippen LogP contribution >= 0.6 is 0 Å². The Morgan fingerprint density at radius 3 is 2.74 bits per heavy atom. The number of hydrogen-bond donors (Lipinski definition) is 1. The summed E-state index contributed by atoms with van der Waals surface area (Å²) in [6, 6.07) is 2.91. The van der Waals surface area contributed by atoms with E-state index in [9.17, 15) is 23.2 Å². The Morgan fingerprint density at radius 2 is 2.10 bits per heavy atom. The lowest BCUT2D eigenvalue weighted by molar-refractivity contribution is 0.0524. The molecule has 0 unspecified atom stereocenters. The molecule has 1 N–H and O–H groups in total. The molecule has 1 aliphatic rings. The van der Waals surface area contributed by atoms with Crippen LogP contribution in [0.5, 0.6) is 0 Å². The van der Waals surface area contributed by atoms with Crippen molar-refractivity contribution in [2.75, 3.05) is 18.1 Å². The predicted octanol–water partition coefficient (Wildman–Crippen LogP) is 2.28. The standard InChI is InChI=1S/C20H15F2N5O4/c1-3-31-19(29)13-9-27(18-14(22)6-11(21)7-23-18)17-12(16(13)28)4-5-15(25-17)26-8-10(2)24-20(26)30/h4-7,9H,2-3,8H2,1H3,(H,24,30). The molecule has 1 saturated heterocycles. The normalized spacial score (nSPS) is 13.6. The first-order valence-corrected chi connectivity index (χ1v) is 9.11. The van der Waals surface area contributed by atoms with Gasteiger partial charge in [0.2, 0.25) is 5.43 Å². The minimum atomic E-state index is -1.04. The first-order valence-electron chi connectivity index (χ1n) is 9.11. The Labute approximate surface area is 173 Å². The minimum Gasteiger partial charge on any atom is -0.462 e. The van der Waals surface area contributed by atoms with Crippen LogP contribution in [0.1, 0.15) is 17.3 Å². The van der Waals surface area contributed by atoms with E-state index in [0.717, 1.165) is 17.0 Å². The molecule has 11 heteroatoms. The van der Waals surface area contributed by atoms with E-state index in [2.05, 4.69) is 21.9 Å². The van der Waals surface area contributed by atoms with Gasteiger partial charge in [-0.25, -0.2) is 28.3 Å². The third-order valence-corrected chi connectivity index (χ3v) is 4.50. The zero-order valence-electron chi connectivity index (χ0n) is 16.2. The molecule has 0 bridgehead atoms. The summed E-state index contributed by atoms with van der Waals surface area (Å²) in [5.41, 5.74) is -0.699. The molecule has 4 rings (SSSR count). The van der Waals surface area contributed by atoms with Crippen LogP contribution in [-0.4, -0.2) is 39.7 Å². The third kappa shape index (κ3) is 3.50. The number of fused-ring (bicyclic) bond motifs is 1. The van der Waals surface area contributed by atoms with Crippen LogP contribution in [0, 0.1) is 11.6 Å². The molecule has 2 amide bonds. The van der Waals surface area contributed by atoms with E-state index in [0.29, 0.717) is 11.8 Å². The molecular formula is C20H15F2N5O4. The van der Waals surface area contributed by atoms with E-state index in [1.807, 2.05) is 0 Å². The van der Waals surface area contributed by atoms with Crippen LogP contribution in [0.15, 0.2) is 47.7 Å². The second kappa shape index (κ2) is 7.59. The lowest BCUT2D eigenvalue weighted by atomic mass is 10.2. The molecule has 0 radical (unpaired) electrons. The second-order valence-corrected chi connectivity index (χ2v) is 6.58. The number of ether oxygens (including phenoxy) is 1. The van der Waals surface area contributed by atoms with Gasteiger partial charge in [-0.1, -0.05) is 6.58 Å². The molecule has 158 valence electrons. The average molecular weight is 427 g/mol. The highest BCUT2D eigenvalue weighted by atomic mass is 19.1. The first kappa shape index (κ1) is 20.1. The van der Waals surface area contributed by atoms with Gasteiger partial charge in [-0.2, -0.15) is 0 Å². The molecule has 0 aliphatic carbocycles. The quantitative estimate of drug-likeness (QED) is 0.641. The topological polar surface area (TPSA) is 106 Å². The van der Waals surface area contributed by atoms with Gasteiger partial charge in [0.15, 0.2) is 17.3 Å². The Kier molecular flexibility index (Phi) is 4.93. The highest BCUT2D eigenvalue weighted by Gasteiger charge is 2.27. The van der Waals surface area contributed by atoms with Crippen molar-refractivity contribution in [1.29, 1.82) is 0 Å². The monoisotopic (exact) mass is 427 g/mol. The predicted molar refractivity (Wildman–Crippen MR) is 106 cm³/mol. The Balaban J connectivity index is 2.01. The molecule has 0 aromatic carbocycles. The van der Waals surface area contributed by atoms with Crippen molar-refractivity contribution < 1.29 is 23.1 Å². The molecule has 3 aromatic heterocycles. The van der Waals surface area contributed by atoms with Crippen molar-refractivity contribution in [3.05, 3.63) is 70.3 Å². The van der Waals surface area contributed by atoms with Crippen molar-refractivity contribution in [3.63, 3.8) is 0 Å². The highest BCUT2D eigenvalue weighted by Crippen LogP contribution is 2.23. The number of esters is 1. The summed E-state index contributed by atoms with van der Waals surface area (Å²) in [4.78, 5) is 46.6. The van der Waals surface area contributed by atoms with Crippen LogP contribution in [0.2, 0.25) is 0 Å². The van der Waals surface area contributed by atoms with Crippen molar-refractivity contribution in [1.82, 2.24) is 19.9 Å². The summed E-state index contributed by atoms with van der Waals surface area (Å²) in [5, 5.41) is 2.49. The number of aromatic nitrogens is 3.